The van der Waals surface area contributed by atoms with Crippen molar-refractivity contribution in [3.8, 4) is 16.9 Å². The van der Waals surface area contributed by atoms with Crippen LogP contribution in [0.2, 0.25) is 0 Å². The lowest BCUT2D eigenvalue weighted by Crippen LogP contribution is -1.88. The molecule has 16 heavy (non-hydrogen) atoms. The highest BCUT2D eigenvalue weighted by atomic mass is 79.9. The normalized spacial score (nSPS) is 10.1. The summed E-state index contributed by atoms with van der Waals surface area (Å²) in [7, 11) is 1.62. The molecule has 2 rings (SSSR count). The number of carbonyl (C=O) groups excluding carboxylic acids is 1. The quantitative estimate of drug-likeness (QED) is 0.800. The fourth-order valence-electron chi connectivity index (χ4n) is 1.53. The van der Waals surface area contributed by atoms with Gasteiger partial charge in [0.25, 0.3) is 0 Å². The van der Waals surface area contributed by atoms with Crippen LogP contribution in [0.15, 0.2) is 34.1 Å². The number of aldehydes is 1. The first kappa shape index (κ1) is 11.4. The van der Waals surface area contributed by atoms with Crippen molar-refractivity contribution >= 4 is 33.6 Å². The van der Waals surface area contributed by atoms with E-state index < -0.39 is 0 Å². The van der Waals surface area contributed by atoms with Crippen molar-refractivity contribution < 1.29 is 9.53 Å². The van der Waals surface area contributed by atoms with E-state index in [0.29, 0.717) is 0 Å². The molecular weight excluding hydrogens is 288 g/mol. The highest BCUT2D eigenvalue weighted by Crippen LogP contribution is 2.36. The molecule has 82 valence electrons. The van der Waals surface area contributed by atoms with Crippen LogP contribution < -0.4 is 4.74 Å². The van der Waals surface area contributed by atoms with Gasteiger partial charge in [-0.2, -0.15) is 0 Å². The molecule has 0 aliphatic rings. The van der Waals surface area contributed by atoms with Crippen molar-refractivity contribution in [1.82, 2.24) is 0 Å². The minimum atomic E-state index is 0.719. The van der Waals surface area contributed by atoms with Crippen LogP contribution in [-0.2, 0) is 0 Å². The first-order valence-electron chi connectivity index (χ1n) is 4.63. The van der Waals surface area contributed by atoms with Crippen LogP contribution in [0.25, 0.3) is 11.1 Å². The van der Waals surface area contributed by atoms with Gasteiger partial charge in [-0.15, -0.1) is 11.3 Å². The number of hydrogen-bond acceptors (Lipinski definition) is 3. The van der Waals surface area contributed by atoms with E-state index in [4.69, 9.17) is 4.74 Å². The van der Waals surface area contributed by atoms with Gasteiger partial charge in [-0.3, -0.25) is 4.79 Å². The summed E-state index contributed by atoms with van der Waals surface area (Å²) in [4.78, 5) is 11.6. The highest BCUT2D eigenvalue weighted by Gasteiger charge is 2.11. The van der Waals surface area contributed by atoms with Gasteiger partial charge in [0, 0.05) is 15.6 Å². The Labute approximate surface area is 106 Å². The lowest BCUT2D eigenvalue weighted by molar-refractivity contribution is 0.112. The maximum absolute atomic E-state index is 10.9. The summed E-state index contributed by atoms with van der Waals surface area (Å²) < 4.78 is 6.26. The summed E-state index contributed by atoms with van der Waals surface area (Å²) >= 11 is 4.85. The molecule has 0 aliphatic heterocycles. The Hall–Kier alpha value is -1.13. The largest absolute Gasteiger partial charge is 0.496 e. The average Bonchev–Trinajstić information content (AvgIpc) is 2.76. The van der Waals surface area contributed by atoms with E-state index in [-0.39, 0.29) is 0 Å². The van der Waals surface area contributed by atoms with Gasteiger partial charge < -0.3 is 4.74 Å². The smallest absolute Gasteiger partial charge is 0.160 e. The summed E-state index contributed by atoms with van der Waals surface area (Å²) in [5, 5.41) is 1.90. The second-order valence-corrected chi connectivity index (χ2v) is 5.02. The molecule has 1 aromatic carbocycles. The molecule has 0 radical (unpaired) electrons. The molecule has 0 N–H and O–H groups in total. The zero-order valence-corrected chi connectivity index (χ0v) is 11.0. The first-order chi connectivity index (χ1) is 7.76. The van der Waals surface area contributed by atoms with Gasteiger partial charge in [0.2, 0.25) is 0 Å². The summed E-state index contributed by atoms with van der Waals surface area (Å²) in [6, 6.07) is 7.67. The molecule has 1 aromatic heterocycles. The molecule has 0 amide bonds. The van der Waals surface area contributed by atoms with Crippen LogP contribution >= 0.6 is 27.3 Å². The summed E-state index contributed by atoms with van der Waals surface area (Å²) in [6.45, 7) is 0. The van der Waals surface area contributed by atoms with Gasteiger partial charge in [-0.1, -0.05) is 15.9 Å². The van der Waals surface area contributed by atoms with E-state index in [2.05, 4.69) is 15.9 Å². The molecule has 0 unspecified atom stereocenters. The molecule has 1 heterocycles. The van der Waals surface area contributed by atoms with Crippen LogP contribution in [-0.4, -0.2) is 13.4 Å². The van der Waals surface area contributed by atoms with E-state index >= 15 is 0 Å². The van der Waals surface area contributed by atoms with E-state index in [0.717, 1.165) is 32.5 Å². The number of thiophene rings is 1. The predicted octanol–water partition coefficient (Wildman–Crippen LogP) is 4.00. The first-order valence-corrected chi connectivity index (χ1v) is 6.30. The Morgan fingerprint density at radius 2 is 2.12 bits per heavy atom. The molecule has 0 aliphatic carbocycles. The zero-order valence-electron chi connectivity index (χ0n) is 8.57. The third-order valence-corrected chi connectivity index (χ3v) is 3.59. The molecule has 2 nitrogen and oxygen atoms in total. The number of carbonyl (C=O) groups is 1. The summed E-state index contributed by atoms with van der Waals surface area (Å²) in [6.07, 6.45) is 0.875. The third-order valence-electron chi connectivity index (χ3n) is 2.25. The SMILES string of the molecule is COc1ccc(Br)cc1-c1ccsc1C=O. The van der Waals surface area contributed by atoms with Crippen LogP contribution in [0.1, 0.15) is 9.67 Å². The molecule has 2 aromatic rings. The van der Waals surface area contributed by atoms with Gasteiger partial charge in [0.15, 0.2) is 6.29 Å². The van der Waals surface area contributed by atoms with Crippen molar-refractivity contribution in [1.29, 1.82) is 0 Å². The monoisotopic (exact) mass is 296 g/mol. The fourth-order valence-corrected chi connectivity index (χ4v) is 2.60. The number of benzene rings is 1. The van der Waals surface area contributed by atoms with Gasteiger partial charge in [-0.05, 0) is 29.6 Å². The Bertz CT molecular complexity index is 519. The molecule has 0 saturated heterocycles. The third kappa shape index (κ3) is 2.03. The molecule has 0 bridgehead atoms. The van der Waals surface area contributed by atoms with Gasteiger partial charge >= 0.3 is 0 Å². The Morgan fingerprint density at radius 3 is 2.81 bits per heavy atom. The Kier molecular flexibility index (Phi) is 3.41. The average molecular weight is 297 g/mol. The Balaban J connectivity index is 2.62. The van der Waals surface area contributed by atoms with Crippen LogP contribution in [0.5, 0.6) is 5.75 Å². The molecule has 0 atom stereocenters. The lowest BCUT2D eigenvalue weighted by Gasteiger charge is -2.08. The summed E-state index contributed by atoms with van der Waals surface area (Å²) in [5.41, 5.74) is 1.85. The van der Waals surface area contributed by atoms with E-state index in [9.17, 15) is 4.79 Å². The predicted molar refractivity (Wildman–Crippen MR) is 69.4 cm³/mol. The van der Waals surface area contributed by atoms with E-state index in [1.807, 2.05) is 29.6 Å². The van der Waals surface area contributed by atoms with Gasteiger partial charge in [-0.25, -0.2) is 0 Å². The zero-order chi connectivity index (χ0) is 11.5. The number of methoxy groups -OCH3 is 1. The maximum Gasteiger partial charge on any atom is 0.160 e. The lowest BCUT2D eigenvalue weighted by atomic mass is 10.1. The topological polar surface area (TPSA) is 26.3 Å². The molecule has 0 spiro atoms. The van der Waals surface area contributed by atoms with Crippen molar-refractivity contribution in [3.63, 3.8) is 0 Å². The number of rotatable bonds is 3. The van der Waals surface area contributed by atoms with E-state index in [1.165, 1.54) is 11.3 Å². The van der Waals surface area contributed by atoms with Gasteiger partial charge in [0.1, 0.15) is 5.75 Å². The number of hydrogen-bond donors (Lipinski definition) is 0. The van der Waals surface area contributed by atoms with Crippen LogP contribution in [0.4, 0.5) is 0 Å². The van der Waals surface area contributed by atoms with Gasteiger partial charge in [0.05, 0.1) is 12.0 Å². The van der Waals surface area contributed by atoms with Crippen molar-refractivity contribution in [2.24, 2.45) is 0 Å². The van der Waals surface area contributed by atoms with Crippen molar-refractivity contribution in [3.05, 3.63) is 39.0 Å². The number of ether oxygens (including phenoxy) is 1. The van der Waals surface area contributed by atoms with Crippen molar-refractivity contribution in [2.75, 3.05) is 7.11 Å². The molecule has 0 fully saturated rings. The minimum Gasteiger partial charge on any atom is -0.496 e. The van der Waals surface area contributed by atoms with Crippen LogP contribution in [0, 0.1) is 0 Å². The van der Waals surface area contributed by atoms with Crippen molar-refractivity contribution in [2.45, 2.75) is 0 Å². The van der Waals surface area contributed by atoms with Crippen LogP contribution in [0.3, 0.4) is 0 Å². The summed E-state index contributed by atoms with van der Waals surface area (Å²) in [5.74, 6) is 0.768. The molecule has 0 saturated carbocycles. The second kappa shape index (κ2) is 4.80. The standard InChI is InChI=1S/C12H9BrO2S/c1-15-11-3-2-8(13)6-10(11)9-4-5-16-12(9)7-14/h2-7H,1H3. The molecular formula is C12H9BrO2S. The fraction of sp³-hybridized carbons (Fsp3) is 0.0833. The Morgan fingerprint density at radius 1 is 1.31 bits per heavy atom. The van der Waals surface area contributed by atoms with E-state index in [1.54, 1.807) is 7.11 Å². The minimum absolute atomic E-state index is 0.719. The number of halogens is 1. The maximum atomic E-state index is 10.9. The molecule has 4 heteroatoms. The highest BCUT2D eigenvalue weighted by molar-refractivity contribution is 9.10. The second-order valence-electron chi connectivity index (χ2n) is 3.16.